The molecule has 2 aromatic carbocycles. The second kappa shape index (κ2) is 13.6. The number of fused-ring (bicyclic) bond motifs is 2. The summed E-state index contributed by atoms with van der Waals surface area (Å²) < 4.78 is 34.2. The zero-order chi connectivity index (χ0) is 28.6. The van der Waals surface area contributed by atoms with Gasteiger partial charge in [0.25, 0.3) is 0 Å². The average Bonchev–Trinajstić information content (AvgIpc) is 3.04. The van der Waals surface area contributed by atoms with E-state index in [1.165, 1.54) is 4.90 Å². The van der Waals surface area contributed by atoms with E-state index in [4.69, 9.17) is 25.4 Å². The van der Waals surface area contributed by atoms with Crippen LogP contribution < -0.4 is 0 Å². The quantitative estimate of drug-likeness (QED) is 0.385. The van der Waals surface area contributed by atoms with Gasteiger partial charge in [-0.05, 0) is 18.2 Å². The van der Waals surface area contributed by atoms with Gasteiger partial charge in [-0.2, -0.15) is 0 Å². The molecule has 35 heavy (non-hydrogen) atoms. The molecule has 10 heteroatoms. The lowest BCUT2D eigenvalue weighted by molar-refractivity contribution is -0.134. The minimum Gasteiger partial charge on any atom is -0.478 e. The average molecular weight is 506 g/mol. The van der Waals surface area contributed by atoms with Gasteiger partial charge in [-0.1, -0.05) is 42.1 Å². The van der Waals surface area contributed by atoms with Crippen molar-refractivity contribution in [1.82, 2.24) is 9.80 Å². The SMILES string of the molecule is O=C(O)/C=C/C(=O)O.[2H][13C]([2H])(O)[13C]([2H])([2H])OCCN1CCN(C2=Nc3ccccc3Sc3ccccc32)CC1. The summed E-state index contributed by atoms with van der Waals surface area (Å²) in [5, 5.41) is 24.9. The van der Waals surface area contributed by atoms with Gasteiger partial charge in [-0.15, -0.1) is 0 Å². The van der Waals surface area contributed by atoms with Crippen LogP contribution in [0.5, 0.6) is 0 Å². The third kappa shape index (κ3) is 8.22. The van der Waals surface area contributed by atoms with E-state index in [1.54, 1.807) is 11.8 Å². The van der Waals surface area contributed by atoms with Crippen LogP contribution in [0.25, 0.3) is 0 Å². The first-order valence-electron chi connectivity index (χ1n) is 12.8. The van der Waals surface area contributed by atoms with E-state index in [9.17, 15) is 14.7 Å². The van der Waals surface area contributed by atoms with Crippen molar-refractivity contribution < 1.29 is 35.1 Å². The molecule has 2 aliphatic heterocycles. The van der Waals surface area contributed by atoms with Crippen LogP contribution in [-0.4, -0.2) is 95.3 Å². The Hall–Kier alpha value is -3.18. The predicted molar refractivity (Wildman–Crippen MR) is 134 cm³/mol. The largest absolute Gasteiger partial charge is 0.478 e. The minimum absolute atomic E-state index is 0.000858. The number of carbonyl (C=O) groups is 2. The van der Waals surface area contributed by atoms with Crippen LogP contribution in [0.3, 0.4) is 0 Å². The van der Waals surface area contributed by atoms with Gasteiger partial charge in [0.15, 0.2) is 0 Å². The molecule has 0 unspecified atom stereocenters. The summed E-state index contributed by atoms with van der Waals surface area (Å²) in [4.78, 5) is 30.9. The fourth-order valence-corrected chi connectivity index (χ4v) is 4.51. The molecule has 0 aromatic heterocycles. The van der Waals surface area contributed by atoms with Gasteiger partial charge in [0.2, 0.25) is 0 Å². The molecular weight excluding hydrogens is 472 g/mol. The highest BCUT2D eigenvalue weighted by Gasteiger charge is 2.24. The first-order chi connectivity index (χ1) is 18.4. The van der Waals surface area contributed by atoms with Gasteiger partial charge in [0.1, 0.15) is 5.84 Å². The Balaban J connectivity index is 0.000000459. The summed E-state index contributed by atoms with van der Waals surface area (Å²) in [5.41, 5.74) is 2.09. The minimum atomic E-state index is -3.04. The summed E-state index contributed by atoms with van der Waals surface area (Å²) in [5.74, 6) is -1.55. The highest BCUT2D eigenvalue weighted by atomic mass is 32.2. The molecule has 2 aliphatic rings. The predicted octanol–water partition coefficient (Wildman–Crippen LogP) is 2.57. The smallest absolute Gasteiger partial charge is 0.328 e. The van der Waals surface area contributed by atoms with E-state index >= 15 is 0 Å². The van der Waals surface area contributed by atoms with Crippen LogP contribution in [0.1, 0.15) is 11.0 Å². The summed E-state index contributed by atoms with van der Waals surface area (Å²) in [6, 6.07) is 16.5. The fourth-order valence-electron chi connectivity index (χ4n) is 3.49. The number of nitrogens with zero attached hydrogens (tertiary/aromatic N) is 3. The normalized spacial score (nSPS) is 17.9. The summed E-state index contributed by atoms with van der Waals surface area (Å²) in [6.45, 7) is -2.25. The Bertz CT molecular complexity index is 1210. The molecule has 4 rings (SSSR count). The maximum Gasteiger partial charge on any atom is 0.328 e. The molecule has 1 fully saturated rings. The molecular formula is C25H29N3O6S. The van der Waals surface area contributed by atoms with E-state index < -0.39 is 25.1 Å². The number of para-hydroxylation sites is 1. The van der Waals surface area contributed by atoms with Crippen molar-refractivity contribution in [1.29, 1.82) is 0 Å². The lowest BCUT2D eigenvalue weighted by Crippen LogP contribution is -2.49. The molecule has 9 nitrogen and oxygen atoms in total. The number of amidine groups is 1. The summed E-state index contributed by atoms with van der Waals surface area (Å²) in [7, 11) is 0. The Labute approximate surface area is 214 Å². The zero-order valence-corrected chi connectivity index (χ0v) is 19.6. The van der Waals surface area contributed by atoms with Crippen LogP contribution in [0.15, 0.2) is 75.5 Å². The number of carboxylic acids is 2. The number of hydrogen-bond acceptors (Lipinski definition) is 8. The van der Waals surface area contributed by atoms with Crippen molar-refractivity contribution in [2.45, 2.75) is 9.79 Å². The molecule has 0 atom stereocenters. The monoisotopic (exact) mass is 505 g/mol. The maximum absolute atomic E-state index is 9.55. The third-order valence-corrected chi connectivity index (χ3v) is 6.25. The van der Waals surface area contributed by atoms with Gasteiger partial charge in [-0.3, -0.25) is 4.90 Å². The van der Waals surface area contributed by atoms with E-state index in [1.807, 2.05) is 30.3 Å². The number of benzene rings is 2. The van der Waals surface area contributed by atoms with Crippen molar-refractivity contribution in [3.8, 4) is 0 Å². The van der Waals surface area contributed by atoms with E-state index in [0.717, 1.165) is 48.2 Å². The molecule has 0 amide bonds. The number of carboxylic acid groups (broad SMARTS) is 2. The topological polar surface area (TPSA) is 123 Å². The molecule has 186 valence electrons. The van der Waals surface area contributed by atoms with Crippen LogP contribution in [-0.2, 0) is 14.3 Å². The lowest BCUT2D eigenvalue weighted by atomic mass is 10.1. The second-order valence-electron chi connectivity index (χ2n) is 7.40. The Morgan fingerprint density at radius 2 is 1.63 bits per heavy atom. The molecule has 0 radical (unpaired) electrons. The molecule has 0 aliphatic carbocycles. The van der Waals surface area contributed by atoms with Crippen molar-refractivity contribution in [2.75, 3.05) is 52.4 Å². The van der Waals surface area contributed by atoms with Crippen molar-refractivity contribution >= 4 is 35.2 Å². The van der Waals surface area contributed by atoms with E-state index in [2.05, 4.69) is 28.0 Å². The summed E-state index contributed by atoms with van der Waals surface area (Å²) in [6.07, 6.45) is 1.12. The Morgan fingerprint density at radius 3 is 2.29 bits per heavy atom. The van der Waals surface area contributed by atoms with Gasteiger partial charge in [-0.25, -0.2) is 14.6 Å². The molecule has 2 heterocycles. The number of aliphatic carboxylic acids is 2. The van der Waals surface area contributed by atoms with Crippen molar-refractivity contribution in [2.24, 2.45) is 4.99 Å². The number of piperazine rings is 1. The standard InChI is InChI=1S/C21H25N3O2S.C4H4O4/c25-14-16-26-15-13-23-9-11-24(12-10-23)21-17-5-1-3-7-19(17)27-20-8-4-2-6-18(20)22-21;5-3(6)1-2-4(7)8/h1-8,25H,9-16H2;1-2H,(H,5,6)(H,7,8)/b;2-1+/i14+1D2,16+1D2;. The van der Waals surface area contributed by atoms with Crippen molar-refractivity contribution in [3.63, 3.8) is 0 Å². The lowest BCUT2D eigenvalue weighted by Gasteiger charge is -2.36. The molecule has 2 aromatic rings. The molecule has 0 spiro atoms. The van der Waals surface area contributed by atoms with Gasteiger partial charge in [0.05, 0.1) is 30.9 Å². The molecule has 1 saturated heterocycles. The molecule has 0 bridgehead atoms. The number of aliphatic imine (C=N–C) groups is 1. The molecule has 0 saturated carbocycles. The van der Waals surface area contributed by atoms with Gasteiger partial charge in [0, 0.05) is 60.2 Å². The van der Waals surface area contributed by atoms with Crippen LogP contribution in [0.2, 0.25) is 0 Å². The third-order valence-electron chi connectivity index (χ3n) is 5.11. The highest BCUT2D eigenvalue weighted by Crippen LogP contribution is 2.40. The molecule has 3 N–H and O–H groups in total. The van der Waals surface area contributed by atoms with Gasteiger partial charge >= 0.3 is 11.9 Å². The highest BCUT2D eigenvalue weighted by molar-refractivity contribution is 7.99. The Morgan fingerprint density at radius 1 is 1.00 bits per heavy atom. The number of hydrogen-bond donors (Lipinski definition) is 3. The summed E-state index contributed by atoms with van der Waals surface area (Å²) >= 11 is 1.73. The van der Waals surface area contributed by atoms with Crippen LogP contribution >= 0.6 is 11.8 Å². The van der Waals surface area contributed by atoms with Crippen LogP contribution in [0.4, 0.5) is 5.69 Å². The maximum atomic E-state index is 9.55. The van der Waals surface area contributed by atoms with E-state index in [-0.39, 0.29) is 6.61 Å². The Kier molecular flexibility index (Phi) is 8.24. The number of ether oxygens (including phenoxy) is 1. The number of rotatable bonds is 7. The second-order valence-corrected chi connectivity index (χ2v) is 8.49. The number of aliphatic hydroxyl groups is 1. The van der Waals surface area contributed by atoms with Crippen LogP contribution in [0, 0.1) is 0 Å². The first kappa shape index (κ1) is 21.1. The first-order valence-corrected chi connectivity index (χ1v) is 11.6. The van der Waals surface area contributed by atoms with E-state index in [0.29, 0.717) is 18.7 Å². The zero-order valence-electron chi connectivity index (χ0n) is 22.8. The van der Waals surface area contributed by atoms with Crippen molar-refractivity contribution in [3.05, 3.63) is 66.2 Å². The van der Waals surface area contributed by atoms with Gasteiger partial charge < -0.3 is 25.0 Å². The fraction of sp³-hybridized carbons (Fsp3) is 0.320.